The van der Waals surface area contributed by atoms with Crippen LogP contribution >= 0.6 is 0 Å². The van der Waals surface area contributed by atoms with Gasteiger partial charge in [-0.05, 0) is 36.8 Å². The lowest BCUT2D eigenvalue weighted by atomic mass is 10.1. The van der Waals surface area contributed by atoms with Crippen molar-refractivity contribution in [3.05, 3.63) is 96.8 Å². The molecule has 0 saturated carbocycles. The lowest BCUT2D eigenvalue weighted by Crippen LogP contribution is -2.44. The van der Waals surface area contributed by atoms with Crippen LogP contribution in [0.3, 0.4) is 0 Å². The van der Waals surface area contributed by atoms with Gasteiger partial charge in [0.15, 0.2) is 0 Å². The summed E-state index contributed by atoms with van der Waals surface area (Å²) in [5, 5.41) is 13.2. The molecular weight excluding hydrogens is 390 g/mol. The van der Waals surface area contributed by atoms with Gasteiger partial charge in [-0.3, -0.25) is 5.32 Å². The zero-order valence-electron chi connectivity index (χ0n) is 17.3. The number of benzene rings is 1. The van der Waals surface area contributed by atoms with Crippen LogP contribution < -0.4 is 9.88 Å². The number of nitrogens with one attached hydrogen (secondary N) is 1. The second-order valence-corrected chi connectivity index (χ2v) is 7.31. The van der Waals surface area contributed by atoms with E-state index in [9.17, 15) is 9.90 Å². The molecule has 6 nitrogen and oxygen atoms in total. The van der Waals surface area contributed by atoms with E-state index in [1.807, 2.05) is 43.4 Å². The molecule has 6 heteroatoms. The molecule has 0 amide bonds. The Morgan fingerprint density at radius 3 is 2.94 bits per heavy atom. The van der Waals surface area contributed by atoms with Crippen LogP contribution in [-0.2, 0) is 12.8 Å². The van der Waals surface area contributed by atoms with Crippen molar-refractivity contribution in [2.24, 2.45) is 0 Å². The molecule has 31 heavy (non-hydrogen) atoms. The van der Waals surface area contributed by atoms with E-state index >= 15 is 0 Å². The van der Waals surface area contributed by atoms with Crippen LogP contribution in [0, 0.1) is 0 Å². The van der Waals surface area contributed by atoms with Crippen molar-refractivity contribution in [3.8, 4) is 17.0 Å². The Morgan fingerprint density at radius 2 is 2.23 bits per heavy atom. The van der Waals surface area contributed by atoms with Gasteiger partial charge in [-0.25, -0.2) is 9.78 Å². The topological polar surface area (TPSA) is 79.2 Å². The Bertz CT molecular complexity index is 1180. The first-order chi connectivity index (χ1) is 15.1. The Kier molecular flexibility index (Phi) is 5.80. The van der Waals surface area contributed by atoms with E-state index in [1.165, 1.54) is 0 Å². The quantitative estimate of drug-likeness (QED) is 0.447. The minimum absolute atomic E-state index is 0.0750. The van der Waals surface area contributed by atoms with Crippen molar-refractivity contribution in [3.63, 3.8) is 0 Å². The van der Waals surface area contributed by atoms with E-state index in [1.54, 1.807) is 41.3 Å². The predicted molar refractivity (Wildman–Crippen MR) is 119 cm³/mol. The van der Waals surface area contributed by atoms with Crippen molar-refractivity contribution >= 4 is 11.7 Å². The smallest absolute Gasteiger partial charge is 0.359 e. The third-order valence-electron chi connectivity index (χ3n) is 5.13. The van der Waals surface area contributed by atoms with Crippen molar-refractivity contribution in [1.29, 1.82) is 0 Å². The van der Waals surface area contributed by atoms with Crippen molar-refractivity contribution < 1.29 is 18.9 Å². The zero-order valence-corrected chi connectivity index (χ0v) is 17.3. The highest BCUT2D eigenvalue weighted by atomic mass is 16.3. The molecule has 0 fully saturated rings. The van der Waals surface area contributed by atoms with Crippen LogP contribution in [0.1, 0.15) is 23.2 Å². The zero-order chi connectivity index (χ0) is 21.8. The second kappa shape index (κ2) is 8.83. The fourth-order valence-electron chi connectivity index (χ4n) is 3.58. The maximum atomic E-state index is 13.2. The Balaban J connectivity index is 1.77. The summed E-state index contributed by atoms with van der Waals surface area (Å²) in [5.74, 6) is 1.47. The Hall–Kier alpha value is -3.93. The van der Waals surface area contributed by atoms with Gasteiger partial charge in [0, 0.05) is 12.0 Å². The molecule has 156 valence electrons. The number of carbonyl (C=O) groups is 1. The van der Waals surface area contributed by atoms with E-state index in [2.05, 4.69) is 11.9 Å². The number of rotatable bonds is 7. The summed E-state index contributed by atoms with van der Waals surface area (Å²) in [7, 11) is 0. The molecule has 1 atom stereocenters. The molecule has 2 N–H and O–H groups in total. The fourth-order valence-corrected chi connectivity index (χ4v) is 3.58. The number of furan rings is 1. The van der Waals surface area contributed by atoms with Gasteiger partial charge < -0.3 is 9.52 Å². The number of hydrogen-bond acceptors (Lipinski definition) is 5. The molecule has 3 heterocycles. The molecule has 1 unspecified atom stereocenters. The monoisotopic (exact) mass is 414 g/mol. The third kappa shape index (κ3) is 4.33. The highest BCUT2D eigenvalue weighted by molar-refractivity contribution is 5.82. The number of fused-ring (bicyclic) bond motifs is 1. The van der Waals surface area contributed by atoms with Crippen molar-refractivity contribution in [1.82, 2.24) is 4.98 Å². The van der Waals surface area contributed by atoms with Crippen molar-refractivity contribution in [2.75, 3.05) is 5.32 Å². The Labute approximate surface area is 180 Å². The summed E-state index contributed by atoms with van der Waals surface area (Å²) in [4.78, 5) is 18.0. The molecule has 1 aromatic carbocycles. The number of carbonyl (C=O) groups excluding carboxylic acids is 1. The van der Waals surface area contributed by atoms with E-state index in [0.29, 0.717) is 24.4 Å². The van der Waals surface area contributed by atoms with E-state index in [0.717, 1.165) is 22.6 Å². The van der Waals surface area contributed by atoms with Crippen LogP contribution in [0.15, 0.2) is 89.7 Å². The van der Waals surface area contributed by atoms with Crippen LogP contribution in [0.2, 0.25) is 0 Å². The standard InChI is InChI=1S/C25H23N3O3/c1-3-5-8-17(4-2)13-21-24-27-22(15-20-11-7-12-31-20)25(30)28(24)16-23(26-21)18-9-6-10-19(29)14-18/h3-12,14,16,22,29H,2,13,15H2,1H3/p+1/b5-3-,17-8+. The molecular formula is C25H24N3O3+. The molecule has 0 radical (unpaired) electrons. The predicted octanol–water partition coefficient (Wildman–Crippen LogP) is 4.24. The van der Waals surface area contributed by atoms with Gasteiger partial charge in [0.1, 0.15) is 29.1 Å². The molecule has 3 aromatic rings. The fraction of sp³-hybridized carbons (Fsp3) is 0.160. The van der Waals surface area contributed by atoms with E-state index in [4.69, 9.17) is 9.40 Å². The van der Waals surface area contributed by atoms with E-state index < -0.39 is 6.04 Å². The van der Waals surface area contributed by atoms with Gasteiger partial charge in [-0.1, -0.05) is 43.0 Å². The number of aromatic hydroxyl groups is 1. The molecule has 4 rings (SSSR count). The number of anilines is 1. The number of allylic oxidation sites excluding steroid dienone is 5. The molecule has 1 aliphatic rings. The van der Waals surface area contributed by atoms with Gasteiger partial charge in [-0.2, -0.15) is 4.57 Å². The molecule has 0 spiro atoms. The maximum absolute atomic E-state index is 13.2. The minimum atomic E-state index is -0.446. The number of hydrogen-bond donors (Lipinski definition) is 2. The van der Waals surface area contributed by atoms with Crippen LogP contribution in [0.25, 0.3) is 11.3 Å². The maximum Gasteiger partial charge on any atom is 0.359 e. The SMILES string of the molecule is C=C/C(=C\C=C/C)Cc1nc(-c2cccc(O)c2)c[n+]2c1NC(Cc1ccco1)C2=O. The minimum Gasteiger partial charge on any atom is -0.508 e. The van der Waals surface area contributed by atoms with Gasteiger partial charge in [0.05, 0.1) is 12.7 Å². The van der Waals surface area contributed by atoms with Gasteiger partial charge >= 0.3 is 11.7 Å². The average molecular weight is 414 g/mol. The lowest BCUT2D eigenvalue weighted by Gasteiger charge is -2.07. The normalized spacial score (nSPS) is 15.8. The summed E-state index contributed by atoms with van der Waals surface area (Å²) in [6, 6.07) is 10.1. The van der Waals surface area contributed by atoms with Crippen LogP contribution in [-0.4, -0.2) is 22.0 Å². The van der Waals surface area contributed by atoms with E-state index in [-0.39, 0.29) is 11.7 Å². The largest absolute Gasteiger partial charge is 0.508 e. The highest BCUT2D eigenvalue weighted by Gasteiger charge is 2.41. The molecule has 2 aromatic heterocycles. The number of phenols is 1. The van der Waals surface area contributed by atoms with Crippen LogP contribution in [0.4, 0.5) is 5.82 Å². The lowest BCUT2D eigenvalue weighted by molar-refractivity contribution is -0.552. The Morgan fingerprint density at radius 1 is 1.35 bits per heavy atom. The first kappa shape index (κ1) is 20.3. The summed E-state index contributed by atoms with van der Waals surface area (Å²) in [6.07, 6.45) is 11.9. The average Bonchev–Trinajstić information content (AvgIpc) is 3.40. The molecule has 0 bridgehead atoms. The van der Waals surface area contributed by atoms with Gasteiger partial charge in [0.25, 0.3) is 0 Å². The molecule has 0 saturated heterocycles. The van der Waals surface area contributed by atoms with Crippen LogP contribution in [0.5, 0.6) is 5.75 Å². The first-order valence-electron chi connectivity index (χ1n) is 10.1. The molecule has 0 aliphatic carbocycles. The number of aromatic nitrogens is 2. The number of nitrogens with zero attached hydrogens (tertiary/aromatic N) is 2. The summed E-state index contributed by atoms with van der Waals surface area (Å²) >= 11 is 0. The first-order valence-corrected chi connectivity index (χ1v) is 10.1. The molecule has 1 aliphatic heterocycles. The van der Waals surface area contributed by atoms with Crippen molar-refractivity contribution in [2.45, 2.75) is 25.8 Å². The van der Waals surface area contributed by atoms with Gasteiger partial charge in [-0.15, -0.1) is 0 Å². The highest BCUT2D eigenvalue weighted by Crippen LogP contribution is 2.26. The summed E-state index contributed by atoms with van der Waals surface area (Å²) in [5.41, 5.74) is 3.05. The number of phenolic OH excluding ortho intramolecular Hbond substituents is 1. The third-order valence-corrected chi connectivity index (χ3v) is 5.13. The van der Waals surface area contributed by atoms with Gasteiger partial charge in [0.2, 0.25) is 6.04 Å². The summed E-state index contributed by atoms with van der Waals surface area (Å²) in [6.45, 7) is 5.86. The second-order valence-electron chi connectivity index (χ2n) is 7.31. The summed E-state index contributed by atoms with van der Waals surface area (Å²) < 4.78 is 7.05.